The summed E-state index contributed by atoms with van der Waals surface area (Å²) in [5, 5.41) is 0.541. The van der Waals surface area contributed by atoms with Gasteiger partial charge in [-0.05, 0) is 35.4 Å². The summed E-state index contributed by atoms with van der Waals surface area (Å²) in [6.07, 6.45) is 0. The largest absolute Gasteiger partial charge is 0.372 e. The van der Waals surface area contributed by atoms with Crippen LogP contribution in [0, 0.1) is 0 Å². The topological polar surface area (TPSA) is 75.3 Å². The Labute approximate surface area is 144 Å². The molecule has 0 spiro atoms. The number of carbonyl (C=O) groups excluding carboxylic acids is 1. The summed E-state index contributed by atoms with van der Waals surface area (Å²) >= 11 is 0. The predicted octanol–water partition coefficient (Wildman–Crippen LogP) is 2.23. The van der Waals surface area contributed by atoms with Crippen molar-refractivity contribution in [2.24, 2.45) is 0 Å². The van der Waals surface area contributed by atoms with E-state index < -0.39 is 0 Å². The highest BCUT2D eigenvalue weighted by molar-refractivity contribution is 5.94. The molecule has 0 atom stereocenters. The molecule has 2 heterocycles. The van der Waals surface area contributed by atoms with Gasteiger partial charge in [0.25, 0.3) is 11.5 Å². The number of ether oxygens (including phenoxy) is 1. The van der Waals surface area contributed by atoms with Crippen molar-refractivity contribution in [3.63, 3.8) is 0 Å². The molecule has 0 aliphatic carbocycles. The van der Waals surface area contributed by atoms with E-state index in [9.17, 15) is 9.59 Å². The van der Waals surface area contributed by atoms with Crippen molar-refractivity contribution in [2.45, 2.75) is 19.8 Å². The fourth-order valence-corrected chi connectivity index (χ4v) is 3.03. The summed E-state index contributed by atoms with van der Waals surface area (Å²) in [7, 11) is 1.70. The number of amides is 1. The highest BCUT2D eigenvalue weighted by Crippen LogP contribution is 2.21. The Morgan fingerprint density at radius 1 is 1.20 bits per heavy atom. The number of H-pyrrole nitrogens is 1. The number of nitrogens with one attached hydrogen (secondary N) is 1. The molecule has 0 saturated heterocycles. The number of nitrogens with zero attached hydrogens (tertiary/aromatic N) is 2. The SMILES string of the molecule is CN(Cc1nc2ccccc2c(=O)[nH]1)C(=O)c1ccc2c(c1)COC2. The number of hydrogen-bond donors (Lipinski definition) is 1. The Bertz CT molecular complexity index is 1030. The maximum Gasteiger partial charge on any atom is 0.258 e. The summed E-state index contributed by atoms with van der Waals surface area (Å²) in [5.74, 6) is 0.342. The Kier molecular flexibility index (Phi) is 3.82. The van der Waals surface area contributed by atoms with E-state index in [0.717, 1.165) is 11.1 Å². The first-order valence-corrected chi connectivity index (χ1v) is 8.05. The van der Waals surface area contributed by atoms with Gasteiger partial charge < -0.3 is 14.6 Å². The molecule has 1 amide bonds. The summed E-state index contributed by atoms with van der Waals surface area (Å²) in [5.41, 5.74) is 3.21. The van der Waals surface area contributed by atoms with E-state index >= 15 is 0 Å². The number of carbonyl (C=O) groups is 1. The summed E-state index contributed by atoms with van der Waals surface area (Å²) in [4.78, 5) is 33.5. The number of para-hydroxylation sites is 1. The molecule has 1 aliphatic rings. The average Bonchev–Trinajstić information content (AvgIpc) is 3.08. The third kappa shape index (κ3) is 2.92. The normalized spacial score (nSPS) is 13.0. The quantitative estimate of drug-likeness (QED) is 0.796. The number of aromatic amines is 1. The fraction of sp³-hybridized carbons (Fsp3) is 0.211. The third-order valence-corrected chi connectivity index (χ3v) is 4.36. The van der Waals surface area contributed by atoms with Gasteiger partial charge in [0.15, 0.2) is 0 Å². The Balaban J connectivity index is 1.58. The molecular weight excluding hydrogens is 318 g/mol. The average molecular weight is 335 g/mol. The van der Waals surface area contributed by atoms with E-state index in [2.05, 4.69) is 9.97 Å². The number of hydrogen-bond acceptors (Lipinski definition) is 4. The van der Waals surface area contributed by atoms with Crippen molar-refractivity contribution in [1.29, 1.82) is 0 Å². The number of fused-ring (bicyclic) bond motifs is 2. The molecule has 1 aromatic heterocycles. The second-order valence-corrected chi connectivity index (χ2v) is 6.17. The number of aromatic nitrogens is 2. The molecule has 3 aromatic rings. The standard InChI is InChI=1S/C19H17N3O3/c1-22(19(24)12-6-7-13-10-25-11-14(13)8-12)9-17-20-16-5-3-2-4-15(16)18(23)21-17/h2-8H,9-11H2,1H3,(H,20,21,23). The van der Waals surface area contributed by atoms with E-state index in [1.165, 1.54) is 0 Å². The van der Waals surface area contributed by atoms with Crippen LogP contribution in [0.2, 0.25) is 0 Å². The lowest BCUT2D eigenvalue weighted by molar-refractivity contribution is 0.0781. The molecule has 6 heteroatoms. The second kappa shape index (κ2) is 6.14. The lowest BCUT2D eigenvalue weighted by Crippen LogP contribution is -2.28. The van der Waals surface area contributed by atoms with Crippen LogP contribution in [0.5, 0.6) is 0 Å². The molecule has 0 unspecified atom stereocenters. The van der Waals surface area contributed by atoms with Crippen molar-refractivity contribution in [3.05, 3.63) is 75.3 Å². The molecule has 0 saturated carbocycles. The van der Waals surface area contributed by atoms with E-state index in [0.29, 0.717) is 35.5 Å². The smallest absolute Gasteiger partial charge is 0.258 e. The molecule has 1 N–H and O–H groups in total. The van der Waals surface area contributed by atoms with Crippen molar-refractivity contribution < 1.29 is 9.53 Å². The van der Waals surface area contributed by atoms with Gasteiger partial charge in [0.05, 0.1) is 30.7 Å². The Morgan fingerprint density at radius 3 is 2.88 bits per heavy atom. The molecule has 2 aromatic carbocycles. The predicted molar refractivity (Wildman–Crippen MR) is 93.1 cm³/mol. The summed E-state index contributed by atoms with van der Waals surface area (Å²) in [6.45, 7) is 1.37. The zero-order chi connectivity index (χ0) is 17.4. The van der Waals surface area contributed by atoms with Gasteiger partial charge in [0.1, 0.15) is 5.82 Å². The van der Waals surface area contributed by atoms with E-state index in [4.69, 9.17) is 4.74 Å². The van der Waals surface area contributed by atoms with Crippen LogP contribution >= 0.6 is 0 Å². The van der Waals surface area contributed by atoms with Crippen LogP contribution in [0.1, 0.15) is 27.3 Å². The summed E-state index contributed by atoms with van der Waals surface area (Å²) in [6, 6.07) is 12.8. The van der Waals surface area contributed by atoms with Crippen molar-refractivity contribution in [1.82, 2.24) is 14.9 Å². The number of rotatable bonds is 3. The van der Waals surface area contributed by atoms with Crippen molar-refractivity contribution >= 4 is 16.8 Å². The number of benzene rings is 2. The zero-order valence-electron chi connectivity index (χ0n) is 13.8. The van der Waals surface area contributed by atoms with Crippen LogP contribution in [0.3, 0.4) is 0 Å². The first-order valence-electron chi connectivity index (χ1n) is 8.05. The monoisotopic (exact) mass is 335 g/mol. The molecule has 4 rings (SSSR count). The Hall–Kier alpha value is -2.99. The van der Waals surface area contributed by atoms with Crippen molar-refractivity contribution in [3.8, 4) is 0 Å². The van der Waals surface area contributed by atoms with Crippen LogP contribution in [-0.4, -0.2) is 27.8 Å². The van der Waals surface area contributed by atoms with E-state index in [-0.39, 0.29) is 18.0 Å². The van der Waals surface area contributed by atoms with Gasteiger partial charge in [-0.25, -0.2) is 4.98 Å². The van der Waals surface area contributed by atoms with Gasteiger partial charge >= 0.3 is 0 Å². The highest BCUT2D eigenvalue weighted by atomic mass is 16.5. The minimum absolute atomic E-state index is 0.120. The lowest BCUT2D eigenvalue weighted by atomic mass is 10.1. The van der Waals surface area contributed by atoms with Crippen LogP contribution in [0.4, 0.5) is 0 Å². The van der Waals surface area contributed by atoms with E-state index in [1.54, 1.807) is 30.1 Å². The molecule has 0 bridgehead atoms. The first-order chi connectivity index (χ1) is 12.1. The van der Waals surface area contributed by atoms with Crippen molar-refractivity contribution in [2.75, 3.05) is 7.05 Å². The van der Waals surface area contributed by atoms with Gasteiger partial charge in [-0.1, -0.05) is 18.2 Å². The molecule has 0 radical (unpaired) electrons. The minimum Gasteiger partial charge on any atom is -0.372 e. The Morgan fingerprint density at radius 2 is 2.00 bits per heavy atom. The first kappa shape index (κ1) is 15.5. The second-order valence-electron chi connectivity index (χ2n) is 6.17. The fourth-order valence-electron chi connectivity index (χ4n) is 3.03. The lowest BCUT2D eigenvalue weighted by Gasteiger charge is -2.17. The minimum atomic E-state index is -0.198. The summed E-state index contributed by atoms with van der Waals surface area (Å²) < 4.78 is 5.39. The van der Waals surface area contributed by atoms with Crippen LogP contribution in [-0.2, 0) is 24.5 Å². The zero-order valence-corrected chi connectivity index (χ0v) is 13.8. The molecule has 1 aliphatic heterocycles. The van der Waals surface area contributed by atoms with Gasteiger partial charge in [0, 0.05) is 12.6 Å². The molecule has 126 valence electrons. The molecule has 25 heavy (non-hydrogen) atoms. The molecule has 6 nitrogen and oxygen atoms in total. The van der Waals surface area contributed by atoms with E-state index in [1.807, 2.05) is 24.3 Å². The van der Waals surface area contributed by atoms with Crippen LogP contribution < -0.4 is 5.56 Å². The van der Waals surface area contributed by atoms with Gasteiger partial charge in [0.2, 0.25) is 0 Å². The molecular formula is C19H17N3O3. The maximum absolute atomic E-state index is 12.7. The van der Waals surface area contributed by atoms with Gasteiger partial charge in [-0.3, -0.25) is 9.59 Å². The third-order valence-electron chi connectivity index (χ3n) is 4.36. The van der Waals surface area contributed by atoms with Crippen LogP contribution in [0.15, 0.2) is 47.3 Å². The van der Waals surface area contributed by atoms with Crippen LogP contribution in [0.25, 0.3) is 10.9 Å². The highest BCUT2D eigenvalue weighted by Gasteiger charge is 2.17. The molecule has 0 fully saturated rings. The van der Waals surface area contributed by atoms with Gasteiger partial charge in [-0.2, -0.15) is 0 Å². The maximum atomic E-state index is 12.7. The van der Waals surface area contributed by atoms with Gasteiger partial charge in [-0.15, -0.1) is 0 Å².